The van der Waals surface area contributed by atoms with Crippen molar-refractivity contribution < 1.29 is 19.7 Å². The molecule has 2 heterocycles. The minimum absolute atomic E-state index is 0.0425. The molecule has 0 aliphatic carbocycles. The lowest BCUT2D eigenvalue weighted by molar-refractivity contribution is 0.373. The number of benzene rings is 2. The van der Waals surface area contributed by atoms with Crippen molar-refractivity contribution in [1.82, 2.24) is 9.38 Å². The van der Waals surface area contributed by atoms with Gasteiger partial charge in [-0.05, 0) is 48.0 Å². The Bertz CT molecular complexity index is 1270. The molecule has 4 aromatic rings. The van der Waals surface area contributed by atoms with Crippen molar-refractivity contribution in [3.8, 4) is 34.3 Å². The van der Waals surface area contributed by atoms with E-state index in [0.717, 1.165) is 5.56 Å². The van der Waals surface area contributed by atoms with Crippen molar-refractivity contribution in [3.63, 3.8) is 0 Å². The summed E-state index contributed by atoms with van der Waals surface area (Å²) in [6.07, 6.45) is 3.48. The molecule has 0 saturated carbocycles. The number of pyridine rings is 1. The van der Waals surface area contributed by atoms with E-state index in [-0.39, 0.29) is 22.3 Å². The van der Waals surface area contributed by atoms with E-state index in [0.29, 0.717) is 28.5 Å². The first-order valence-corrected chi connectivity index (χ1v) is 9.34. The molecule has 0 saturated heterocycles. The van der Waals surface area contributed by atoms with Crippen molar-refractivity contribution in [2.24, 2.45) is 4.99 Å². The van der Waals surface area contributed by atoms with Gasteiger partial charge >= 0.3 is 0 Å². The number of phenols is 2. The van der Waals surface area contributed by atoms with Gasteiger partial charge in [0.15, 0.2) is 28.8 Å². The van der Waals surface area contributed by atoms with Crippen LogP contribution in [0, 0.1) is 0 Å². The number of rotatable bonds is 5. The fourth-order valence-corrected chi connectivity index (χ4v) is 3.30. The Hall–Kier alpha value is -3.71. The third-order valence-corrected chi connectivity index (χ3v) is 4.85. The second kappa shape index (κ2) is 7.96. The third kappa shape index (κ3) is 3.51. The maximum Gasteiger partial charge on any atom is 0.176 e. The Balaban J connectivity index is 1.86. The zero-order valence-electron chi connectivity index (χ0n) is 16.2. The molecule has 0 spiro atoms. The SMILES string of the molecule is COc1cc(-c2nc3ccccn3c2N=Cc2cc(Cl)c(O)c(OC)c2)ccc1O. The summed E-state index contributed by atoms with van der Waals surface area (Å²) in [7, 11) is 2.94. The van der Waals surface area contributed by atoms with Crippen LogP contribution in [0.25, 0.3) is 16.9 Å². The molecule has 2 aromatic carbocycles. The molecule has 0 radical (unpaired) electrons. The molecular formula is C22H18ClN3O4. The number of fused-ring (bicyclic) bond motifs is 1. The number of hydrogen-bond donors (Lipinski definition) is 2. The summed E-state index contributed by atoms with van der Waals surface area (Å²) >= 11 is 6.08. The highest BCUT2D eigenvalue weighted by Gasteiger charge is 2.15. The van der Waals surface area contributed by atoms with E-state index in [2.05, 4.69) is 9.98 Å². The zero-order chi connectivity index (χ0) is 21.3. The molecular weight excluding hydrogens is 406 g/mol. The quantitative estimate of drug-likeness (QED) is 0.449. The summed E-state index contributed by atoms with van der Waals surface area (Å²) in [6, 6.07) is 13.9. The summed E-state index contributed by atoms with van der Waals surface area (Å²) < 4.78 is 12.2. The van der Waals surface area contributed by atoms with Gasteiger partial charge in [0.2, 0.25) is 0 Å². The lowest BCUT2D eigenvalue weighted by Gasteiger charge is -2.07. The molecule has 0 bridgehead atoms. The van der Waals surface area contributed by atoms with Crippen LogP contribution in [0.4, 0.5) is 5.82 Å². The molecule has 7 nitrogen and oxygen atoms in total. The maximum absolute atomic E-state index is 9.93. The van der Waals surface area contributed by atoms with E-state index in [1.807, 2.05) is 28.8 Å². The number of aromatic hydroxyl groups is 2. The molecule has 2 aromatic heterocycles. The van der Waals surface area contributed by atoms with Gasteiger partial charge in [0, 0.05) is 18.0 Å². The van der Waals surface area contributed by atoms with Crippen LogP contribution < -0.4 is 9.47 Å². The van der Waals surface area contributed by atoms with Crippen LogP contribution in [0.1, 0.15) is 5.56 Å². The van der Waals surface area contributed by atoms with Crippen LogP contribution in [0.3, 0.4) is 0 Å². The summed E-state index contributed by atoms with van der Waals surface area (Å²) in [5.41, 5.74) is 2.72. The van der Waals surface area contributed by atoms with Gasteiger partial charge in [-0.15, -0.1) is 0 Å². The molecule has 4 rings (SSSR count). The van der Waals surface area contributed by atoms with Gasteiger partial charge in [-0.3, -0.25) is 4.40 Å². The molecule has 30 heavy (non-hydrogen) atoms. The van der Waals surface area contributed by atoms with Crippen molar-refractivity contribution in [2.45, 2.75) is 0 Å². The van der Waals surface area contributed by atoms with Gasteiger partial charge < -0.3 is 19.7 Å². The molecule has 152 valence electrons. The molecule has 0 amide bonds. The van der Waals surface area contributed by atoms with Gasteiger partial charge in [-0.2, -0.15) is 0 Å². The minimum Gasteiger partial charge on any atom is -0.504 e. The molecule has 2 N–H and O–H groups in total. The van der Waals surface area contributed by atoms with E-state index < -0.39 is 0 Å². The summed E-state index contributed by atoms with van der Waals surface area (Å²) in [4.78, 5) is 9.33. The summed E-state index contributed by atoms with van der Waals surface area (Å²) in [5.74, 6) is 1.10. The van der Waals surface area contributed by atoms with Gasteiger partial charge in [-0.1, -0.05) is 17.7 Å². The smallest absolute Gasteiger partial charge is 0.176 e. The van der Waals surface area contributed by atoms with Crippen molar-refractivity contribution in [2.75, 3.05) is 14.2 Å². The van der Waals surface area contributed by atoms with E-state index in [9.17, 15) is 10.2 Å². The second-order valence-corrected chi connectivity index (χ2v) is 6.82. The number of nitrogens with zero attached hydrogens (tertiary/aromatic N) is 3. The number of aromatic nitrogens is 2. The Morgan fingerprint density at radius 3 is 2.60 bits per heavy atom. The van der Waals surface area contributed by atoms with Crippen LogP contribution in [-0.2, 0) is 0 Å². The normalized spacial score (nSPS) is 11.3. The van der Waals surface area contributed by atoms with E-state index in [1.54, 1.807) is 36.5 Å². The predicted molar refractivity (Wildman–Crippen MR) is 116 cm³/mol. The topological polar surface area (TPSA) is 88.6 Å². The lowest BCUT2D eigenvalue weighted by atomic mass is 10.1. The second-order valence-electron chi connectivity index (χ2n) is 6.41. The van der Waals surface area contributed by atoms with Crippen LogP contribution >= 0.6 is 11.6 Å². The Kier molecular flexibility index (Phi) is 5.20. The fourth-order valence-electron chi connectivity index (χ4n) is 3.08. The van der Waals surface area contributed by atoms with Crippen LogP contribution in [0.5, 0.6) is 23.0 Å². The van der Waals surface area contributed by atoms with Gasteiger partial charge in [0.1, 0.15) is 11.3 Å². The summed E-state index contributed by atoms with van der Waals surface area (Å²) in [5, 5.41) is 20.0. The highest BCUT2D eigenvalue weighted by Crippen LogP contribution is 2.37. The first-order valence-electron chi connectivity index (χ1n) is 8.97. The maximum atomic E-state index is 9.93. The third-order valence-electron chi connectivity index (χ3n) is 4.56. The molecule has 0 aliphatic heterocycles. The minimum atomic E-state index is -0.122. The highest BCUT2D eigenvalue weighted by molar-refractivity contribution is 6.32. The number of methoxy groups -OCH3 is 2. The Morgan fingerprint density at radius 1 is 1.03 bits per heavy atom. The Morgan fingerprint density at radius 2 is 1.83 bits per heavy atom. The van der Waals surface area contributed by atoms with Gasteiger partial charge in [0.25, 0.3) is 0 Å². The van der Waals surface area contributed by atoms with Crippen molar-refractivity contribution >= 4 is 29.3 Å². The summed E-state index contributed by atoms with van der Waals surface area (Å²) in [6.45, 7) is 0. The van der Waals surface area contributed by atoms with Crippen LogP contribution in [-0.4, -0.2) is 40.0 Å². The fraction of sp³-hybridized carbons (Fsp3) is 0.0909. The Labute approximate surface area is 177 Å². The number of ether oxygens (including phenoxy) is 2. The monoisotopic (exact) mass is 423 g/mol. The van der Waals surface area contributed by atoms with Gasteiger partial charge in [0.05, 0.1) is 19.2 Å². The number of aliphatic imine (C=N–C) groups is 1. The van der Waals surface area contributed by atoms with E-state index in [4.69, 9.17) is 21.1 Å². The average Bonchev–Trinajstić information content (AvgIpc) is 3.13. The number of hydrogen-bond acceptors (Lipinski definition) is 6. The first kappa shape index (κ1) is 19.6. The van der Waals surface area contributed by atoms with Gasteiger partial charge in [-0.25, -0.2) is 9.98 Å². The molecule has 8 heteroatoms. The lowest BCUT2D eigenvalue weighted by Crippen LogP contribution is -1.89. The molecule has 0 fully saturated rings. The molecule has 0 atom stereocenters. The highest BCUT2D eigenvalue weighted by atomic mass is 35.5. The number of phenolic OH excluding ortho intramolecular Hbond substituents is 2. The molecule has 0 aliphatic rings. The predicted octanol–water partition coefficient (Wildman–Crippen LogP) is 4.83. The first-order chi connectivity index (χ1) is 14.5. The van der Waals surface area contributed by atoms with Crippen LogP contribution in [0.2, 0.25) is 5.02 Å². The van der Waals surface area contributed by atoms with E-state index >= 15 is 0 Å². The standard InChI is InChI=1S/C22H18ClN3O4/c1-29-17-11-14(6-7-16(17)27)20-22(26-8-4-3-5-19(26)25-20)24-12-13-9-15(23)21(28)18(10-13)30-2/h3-12,27-28H,1-2H3. The molecule has 0 unspecified atom stereocenters. The average molecular weight is 424 g/mol. The number of halogens is 1. The van der Waals surface area contributed by atoms with Crippen molar-refractivity contribution in [3.05, 3.63) is 65.3 Å². The van der Waals surface area contributed by atoms with Crippen LogP contribution in [0.15, 0.2) is 59.7 Å². The van der Waals surface area contributed by atoms with E-state index in [1.165, 1.54) is 14.2 Å². The van der Waals surface area contributed by atoms with Crippen molar-refractivity contribution in [1.29, 1.82) is 0 Å². The number of imidazole rings is 1. The zero-order valence-corrected chi connectivity index (χ0v) is 17.0. The largest absolute Gasteiger partial charge is 0.504 e.